The number of ether oxygens (including phenoxy) is 1. The second-order valence-electron chi connectivity index (χ2n) is 8.56. The van der Waals surface area contributed by atoms with E-state index in [9.17, 15) is 24.0 Å². The first kappa shape index (κ1) is 23.7. The Morgan fingerprint density at radius 2 is 1.51 bits per heavy atom. The first-order valence-corrected chi connectivity index (χ1v) is 11.5. The number of rotatable bonds is 6. The van der Waals surface area contributed by atoms with Gasteiger partial charge in [-0.3, -0.25) is 33.8 Å². The van der Waals surface area contributed by atoms with E-state index in [1.54, 1.807) is 60.7 Å². The summed E-state index contributed by atoms with van der Waals surface area (Å²) in [4.78, 5) is 65.9. The summed E-state index contributed by atoms with van der Waals surface area (Å²) >= 11 is 0. The van der Waals surface area contributed by atoms with Crippen LogP contribution in [-0.2, 0) is 14.4 Å². The number of para-hydroxylation sites is 1. The molecule has 3 aromatic rings. The zero-order valence-corrected chi connectivity index (χ0v) is 19.8. The van der Waals surface area contributed by atoms with Crippen LogP contribution in [0, 0.1) is 0 Å². The third-order valence-electron chi connectivity index (χ3n) is 6.12. The smallest absolute Gasteiger partial charge is 0.265 e. The van der Waals surface area contributed by atoms with Gasteiger partial charge < -0.3 is 15.4 Å². The lowest BCUT2D eigenvalue weighted by Crippen LogP contribution is -2.45. The van der Waals surface area contributed by atoms with Crippen molar-refractivity contribution in [2.24, 2.45) is 0 Å². The van der Waals surface area contributed by atoms with Crippen LogP contribution in [-0.4, -0.2) is 53.6 Å². The van der Waals surface area contributed by atoms with Crippen molar-refractivity contribution in [2.45, 2.75) is 13.0 Å². The standard InChI is InChI=1S/C27H22N4O6/c1-16(31-26(35)19-9-5-6-10-20(19)27(31)36)25(34)29-18-11-12-22-21(13-18)30(24(33)15-37-22)14-23(32)28-17-7-3-2-4-8-17/h2-13,16H,14-15H2,1H3,(H,28,32)(H,29,34). The van der Waals surface area contributed by atoms with Crippen LogP contribution in [0.5, 0.6) is 5.75 Å². The fourth-order valence-corrected chi connectivity index (χ4v) is 4.24. The van der Waals surface area contributed by atoms with Crippen LogP contribution in [0.2, 0.25) is 0 Å². The lowest BCUT2D eigenvalue weighted by molar-refractivity contribution is -0.123. The lowest BCUT2D eigenvalue weighted by atomic mass is 10.1. The number of hydrogen-bond donors (Lipinski definition) is 2. The monoisotopic (exact) mass is 498 g/mol. The molecule has 1 atom stereocenters. The molecule has 37 heavy (non-hydrogen) atoms. The molecule has 5 amide bonds. The average Bonchev–Trinajstić information content (AvgIpc) is 3.15. The summed E-state index contributed by atoms with van der Waals surface area (Å²) in [6, 6.07) is 18.8. The number of benzene rings is 3. The molecule has 0 radical (unpaired) electrons. The highest BCUT2D eigenvalue weighted by Crippen LogP contribution is 2.35. The van der Waals surface area contributed by atoms with Gasteiger partial charge in [0, 0.05) is 11.4 Å². The molecule has 10 heteroatoms. The van der Waals surface area contributed by atoms with Gasteiger partial charge in [-0.2, -0.15) is 0 Å². The van der Waals surface area contributed by atoms with Crippen molar-refractivity contribution in [1.29, 1.82) is 0 Å². The van der Waals surface area contributed by atoms with Crippen LogP contribution in [0.25, 0.3) is 0 Å². The van der Waals surface area contributed by atoms with Gasteiger partial charge in [0.2, 0.25) is 11.8 Å². The highest BCUT2D eigenvalue weighted by atomic mass is 16.5. The molecular weight excluding hydrogens is 476 g/mol. The minimum absolute atomic E-state index is 0.228. The quantitative estimate of drug-likeness (QED) is 0.504. The molecule has 2 N–H and O–H groups in total. The number of anilines is 3. The third-order valence-corrected chi connectivity index (χ3v) is 6.12. The van der Waals surface area contributed by atoms with E-state index in [4.69, 9.17) is 4.74 Å². The molecule has 0 saturated carbocycles. The van der Waals surface area contributed by atoms with Gasteiger partial charge in [0.15, 0.2) is 6.61 Å². The summed E-state index contributed by atoms with van der Waals surface area (Å²) in [5.41, 5.74) is 1.71. The van der Waals surface area contributed by atoms with Gasteiger partial charge in [0.25, 0.3) is 17.7 Å². The molecule has 0 bridgehead atoms. The maximum Gasteiger partial charge on any atom is 0.265 e. The van der Waals surface area contributed by atoms with Gasteiger partial charge in [-0.25, -0.2) is 0 Å². The van der Waals surface area contributed by atoms with Crippen LogP contribution in [0.3, 0.4) is 0 Å². The van der Waals surface area contributed by atoms with E-state index in [1.165, 1.54) is 17.9 Å². The Hall–Kier alpha value is -4.99. The Balaban J connectivity index is 1.32. The predicted octanol–water partition coefficient (Wildman–Crippen LogP) is 2.67. The van der Waals surface area contributed by atoms with Crippen LogP contribution >= 0.6 is 0 Å². The summed E-state index contributed by atoms with van der Waals surface area (Å²) in [5, 5.41) is 5.42. The van der Waals surface area contributed by atoms with E-state index in [2.05, 4.69) is 10.6 Å². The molecule has 10 nitrogen and oxygen atoms in total. The molecular formula is C27H22N4O6. The Kier molecular flexibility index (Phi) is 6.14. The number of nitrogens with one attached hydrogen (secondary N) is 2. The summed E-state index contributed by atoms with van der Waals surface area (Å²) < 4.78 is 5.49. The molecule has 1 unspecified atom stereocenters. The maximum atomic E-state index is 13.0. The number of nitrogens with zero attached hydrogens (tertiary/aromatic N) is 2. The molecule has 2 heterocycles. The fraction of sp³-hybridized carbons (Fsp3) is 0.148. The Morgan fingerprint density at radius 3 is 2.19 bits per heavy atom. The zero-order chi connectivity index (χ0) is 26.1. The van der Waals surface area contributed by atoms with E-state index in [-0.39, 0.29) is 24.3 Å². The molecule has 0 aromatic heterocycles. The number of fused-ring (bicyclic) bond motifs is 2. The molecule has 0 saturated heterocycles. The van der Waals surface area contributed by atoms with Crippen molar-refractivity contribution in [2.75, 3.05) is 28.7 Å². The number of carbonyl (C=O) groups is 5. The minimum Gasteiger partial charge on any atom is -0.482 e. The summed E-state index contributed by atoms with van der Waals surface area (Å²) in [6.07, 6.45) is 0. The first-order valence-electron chi connectivity index (χ1n) is 11.5. The summed E-state index contributed by atoms with van der Waals surface area (Å²) in [7, 11) is 0. The normalized spacial score (nSPS) is 15.0. The molecule has 2 aliphatic rings. The Labute approximate surface area is 211 Å². The molecule has 2 aliphatic heterocycles. The average molecular weight is 498 g/mol. The van der Waals surface area contributed by atoms with Gasteiger partial charge in [0.05, 0.1) is 16.8 Å². The van der Waals surface area contributed by atoms with Gasteiger partial charge in [-0.1, -0.05) is 30.3 Å². The molecule has 186 valence electrons. The lowest BCUT2D eigenvalue weighted by Gasteiger charge is -2.29. The van der Waals surface area contributed by atoms with Gasteiger partial charge in [0.1, 0.15) is 18.3 Å². The van der Waals surface area contributed by atoms with Crippen molar-refractivity contribution >= 4 is 46.6 Å². The van der Waals surface area contributed by atoms with E-state index in [0.717, 1.165) is 4.90 Å². The van der Waals surface area contributed by atoms with E-state index >= 15 is 0 Å². The Bertz CT molecular complexity index is 1400. The van der Waals surface area contributed by atoms with Crippen LogP contribution in [0.1, 0.15) is 27.6 Å². The predicted molar refractivity (Wildman–Crippen MR) is 134 cm³/mol. The van der Waals surface area contributed by atoms with E-state index in [1.807, 2.05) is 6.07 Å². The zero-order valence-electron chi connectivity index (χ0n) is 19.8. The van der Waals surface area contributed by atoms with Crippen molar-refractivity contribution in [1.82, 2.24) is 4.90 Å². The van der Waals surface area contributed by atoms with Crippen molar-refractivity contribution in [3.63, 3.8) is 0 Å². The topological polar surface area (TPSA) is 125 Å². The van der Waals surface area contributed by atoms with E-state index in [0.29, 0.717) is 22.8 Å². The second kappa shape index (κ2) is 9.57. The van der Waals surface area contributed by atoms with Gasteiger partial charge in [-0.05, 0) is 49.4 Å². The summed E-state index contributed by atoms with van der Waals surface area (Å²) in [6.45, 7) is 0.976. The third kappa shape index (κ3) is 4.52. The van der Waals surface area contributed by atoms with Gasteiger partial charge in [-0.15, -0.1) is 0 Å². The molecule has 0 spiro atoms. The van der Waals surface area contributed by atoms with Crippen LogP contribution in [0.4, 0.5) is 17.1 Å². The molecule has 3 aromatic carbocycles. The number of imide groups is 1. The van der Waals surface area contributed by atoms with E-state index < -0.39 is 35.6 Å². The molecule has 5 rings (SSSR count). The highest BCUT2D eigenvalue weighted by Gasteiger charge is 2.40. The highest BCUT2D eigenvalue weighted by molar-refractivity contribution is 6.23. The van der Waals surface area contributed by atoms with Crippen molar-refractivity contribution in [3.05, 3.63) is 83.9 Å². The molecule has 0 fully saturated rings. The number of hydrogen-bond acceptors (Lipinski definition) is 6. The van der Waals surface area contributed by atoms with Crippen molar-refractivity contribution in [3.8, 4) is 5.75 Å². The van der Waals surface area contributed by atoms with Crippen molar-refractivity contribution < 1.29 is 28.7 Å². The first-order chi connectivity index (χ1) is 17.8. The number of carbonyl (C=O) groups excluding carboxylic acids is 5. The molecule has 0 aliphatic carbocycles. The number of amides is 5. The SMILES string of the molecule is CC(C(=O)Nc1ccc2c(c1)N(CC(=O)Nc1ccccc1)C(=O)CO2)N1C(=O)c2ccccc2C1=O. The maximum absolute atomic E-state index is 13.0. The van der Waals surface area contributed by atoms with Gasteiger partial charge >= 0.3 is 0 Å². The fourth-order valence-electron chi connectivity index (χ4n) is 4.24. The second-order valence-corrected chi connectivity index (χ2v) is 8.56. The van der Waals surface area contributed by atoms with Crippen LogP contribution < -0.4 is 20.3 Å². The Morgan fingerprint density at radius 1 is 0.865 bits per heavy atom. The summed E-state index contributed by atoms with van der Waals surface area (Å²) in [5.74, 6) is -2.12. The largest absolute Gasteiger partial charge is 0.482 e. The van der Waals surface area contributed by atoms with Crippen LogP contribution in [0.15, 0.2) is 72.8 Å². The minimum atomic E-state index is -1.09.